The molecule has 0 radical (unpaired) electrons. The van der Waals surface area contributed by atoms with Crippen molar-refractivity contribution in [2.75, 3.05) is 7.11 Å². The summed E-state index contributed by atoms with van der Waals surface area (Å²) in [4.78, 5) is 0. The number of unbranched alkanes of at least 4 members (excludes halogenated alkanes) is 2. The summed E-state index contributed by atoms with van der Waals surface area (Å²) in [6.07, 6.45) is 7.66. The minimum absolute atomic E-state index is 0.0242. The Bertz CT molecular complexity index is 1100. The van der Waals surface area contributed by atoms with Crippen molar-refractivity contribution < 1.29 is 17.9 Å². The van der Waals surface area contributed by atoms with E-state index < -0.39 is 11.6 Å². The average Bonchev–Trinajstić information content (AvgIpc) is 2.86. The van der Waals surface area contributed by atoms with Crippen LogP contribution in [0.4, 0.5) is 13.2 Å². The molecule has 4 rings (SSSR count). The highest BCUT2D eigenvalue weighted by Crippen LogP contribution is 2.42. The molecule has 0 heterocycles. The van der Waals surface area contributed by atoms with Gasteiger partial charge in [0.15, 0.2) is 23.2 Å². The van der Waals surface area contributed by atoms with E-state index in [0.29, 0.717) is 16.7 Å². The molecule has 0 N–H and O–H groups in total. The lowest BCUT2D eigenvalue weighted by Gasteiger charge is -2.29. The second kappa shape index (κ2) is 11.1. The van der Waals surface area contributed by atoms with E-state index in [1.165, 1.54) is 31.6 Å². The van der Waals surface area contributed by atoms with Crippen LogP contribution in [0, 0.1) is 17.5 Å². The molecule has 34 heavy (non-hydrogen) atoms. The van der Waals surface area contributed by atoms with Crippen LogP contribution < -0.4 is 4.74 Å². The summed E-state index contributed by atoms with van der Waals surface area (Å²) >= 11 is 0. The maximum absolute atomic E-state index is 15.1. The predicted octanol–water partition coefficient (Wildman–Crippen LogP) is 8.95. The Labute approximate surface area is 201 Å². The van der Waals surface area contributed by atoms with Crippen molar-refractivity contribution in [1.82, 2.24) is 0 Å². The summed E-state index contributed by atoms with van der Waals surface area (Å²) in [5.74, 6) is -1.43. The third-order valence-electron chi connectivity index (χ3n) is 7.26. The normalized spacial score (nSPS) is 18.1. The molecule has 1 aliphatic carbocycles. The Balaban J connectivity index is 1.44. The van der Waals surface area contributed by atoms with Crippen LogP contribution in [0.2, 0.25) is 0 Å². The number of hydrogen-bond donors (Lipinski definition) is 0. The molecule has 4 heteroatoms. The Hall–Kier alpha value is -2.75. The second-order valence-electron chi connectivity index (χ2n) is 9.43. The average molecular weight is 467 g/mol. The quantitative estimate of drug-likeness (QED) is 0.301. The zero-order chi connectivity index (χ0) is 24.1. The van der Waals surface area contributed by atoms with E-state index in [2.05, 4.69) is 6.92 Å². The molecule has 1 saturated carbocycles. The lowest BCUT2D eigenvalue weighted by Crippen LogP contribution is -2.14. The molecule has 0 aliphatic heterocycles. The summed E-state index contributed by atoms with van der Waals surface area (Å²) in [5.41, 5.74) is 3.63. The van der Waals surface area contributed by atoms with E-state index in [0.717, 1.165) is 44.1 Å². The largest absolute Gasteiger partial charge is 0.494 e. The Morgan fingerprint density at radius 1 is 0.794 bits per heavy atom. The topological polar surface area (TPSA) is 9.23 Å². The van der Waals surface area contributed by atoms with Gasteiger partial charge in [-0.2, -0.15) is 0 Å². The van der Waals surface area contributed by atoms with Crippen LogP contribution in [0.15, 0.2) is 54.6 Å². The summed E-state index contributed by atoms with van der Waals surface area (Å²) in [7, 11) is 1.45. The molecule has 180 valence electrons. The molecule has 0 atom stereocenters. The molecular formula is C30H33F3O. The lowest BCUT2D eigenvalue weighted by molar-refractivity contribution is 0.374. The van der Waals surface area contributed by atoms with Crippen LogP contribution in [0.3, 0.4) is 0 Å². The van der Waals surface area contributed by atoms with E-state index >= 15 is 8.78 Å². The maximum atomic E-state index is 15.1. The van der Waals surface area contributed by atoms with E-state index in [9.17, 15) is 4.39 Å². The van der Waals surface area contributed by atoms with Crippen LogP contribution in [0.1, 0.15) is 80.4 Å². The first-order valence-electron chi connectivity index (χ1n) is 12.4. The maximum Gasteiger partial charge on any atom is 0.166 e. The molecular weight excluding hydrogens is 433 g/mol. The minimum atomic E-state index is -0.768. The SMILES string of the molecule is CCCCCc1ccc(-c2ccc(C3CCC(c4ccc(OC)c(F)c4)CC3)c(F)c2F)cc1. The first-order chi connectivity index (χ1) is 16.5. The van der Waals surface area contributed by atoms with Crippen LogP contribution in [-0.4, -0.2) is 7.11 Å². The van der Waals surface area contributed by atoms with Gasteiger partial charge in [0.2, 0.25) is 0 Å². The molecule has 0 aromatic heterocycles. The molecule has 0 bridgehead atoms. The smallest absolute Gasteiger partial charge is 0.166 e. The summed E-state index contributed by atoms with van der Waals surface area (Å²) in [6.45, 7) is 2.18. The molecule has 3 aromatic carbocycles. The number of hydrogen-bond acceptors (Lipinski definition) is 1. The van der Waals surface area contributed by atoms with Gasteiger partial charge in [0.05, 0.1) is 7.11 Å². The second-order valence-corrected chi connectivity index (χ2v) is 9.43. The standard InChI is InChI=1S/C30H33F3O/c1-3-4-5-6-20-7-9-22(10-8-20)25-16-17-26(30(33)29(25)32)23-13-11-21(12-14-23)24-15-18-28(34-2)27(31)19-24/h7-10,15-19,21,23H,3-6,11-14H2,1-2H3. The molecule has 1 aliphatic rings. The zero-order valence-electron chi connectivity index (χ0n) is 20.0. The van der Waals surface area contributed by atoms with Gasteiger partial charge in [-0.05, 0) is 84.7 Å². The van der Waals surface area contributed by atoms with Gasteiger partial charge in [0.1, 0.15) is 0 Å². The molecule has 1 nitrogen and oxygen atoms in total. The van der Waals surface area contributed by atoms with Gasteiger partial charge in [-0.25, -0.2) is 13.2 Å². The summed E-state index contributed by atoms with van der Waals surface area (Å²) in [5, 5.41) is 0. The van der Waals surface area contributed by atoms with Crippen LogP contribution >= 0.6 is 0 Å². The monoisotopic (exact) mass is 466 g/mol. The van der Waals surface area contributed by atoms with Gasteiger partial charge in [0, 0.05) is 5.56 Å². The molecule has 0 saturated heterocycles. The molecule has 0 spiro atoms. The fraction of sp³-hybridized carbons (Fsp3) is 0.400. The first-order valence-corrected chi connectivity index (χ1v) is 12.4. The minimum Gasteiger partial charge on any atom is -0.494 e. The summed E-state index contributed by atoms with van der Waals surface area (Å²) < 4.78 is 49.3. The molecule has 0 amide bonds. The summed E-state index contributed by atoms with van der Waals surface area (Å²) in [6, 6.07) is 16.4. The first kappa shape index (κ1) is 24.4. The zero-order valence-corrected chi connectivity index (χ0v) is 20.0. The fourth-order valence-corrected chi connectivity index (χ4v) is 5.21. The number of halogens is 3. The van der Waals surface area contributed by atoms with E-state index in [-0.39, 0.29) is 23.4 Å². The van der Waals surface area contributed by atoms with Crippen LogP contribution in [-0.2, 0) is 6.42 Å². The third-order valence-corrected chi connectivity index (χ3v) is 7.26. The van der Waals surface area contributed by atoms with Crippen molar-refractivity contribution in [3.63, 3.8) is 0 Å². The Morgan fingerprint density at radius 3 is 2.15 bits per heavy atom. The highest BCUT2D eigenvalue weighted by molar-refractivity contribution is 5.65. The number of rotatable bonds is 8. The Kier molecular flexibility index (Phi) is 7.97. The van der Waals surface area contributed by atoms with Crippen molar-refractivity contribution >= 4 is 0 Å². The van der Waals surface area contributed by atoms with Gasteiger partial charge in [-0.1, -0.05) is 62.2 Å². The molecule has 1 fully saturated rings. The van der Waals surface area contributed by atoms with Crippen molar-refractivity contribution in [2.45, 2.75) is 70.1 Å². The van der Waals surface area contributed by atoms with Gasteiger partial charge in [-0.15, -0.1) is 0 Å². The Morgan fingerprint density at radius 2 is 1.50 bits per heavy atom. The number of aryl methyl sites for hydroxylation is 1. The highest BCUT2D eigenvalue weighted by atomic mass is 19.2. The van der Waals surface area contributed by atoms with Gasteiger partial charge in [-0.3, -0.25) is 0 Å². The number of benzene rings is 3. The predicted molar refractivity (Wildman–Crippen MR) is 132 cm³/mol. The molecule has 3 aromatic rings. The van der Waals surface area contributed by atoms with Crippen LogP contribution in [0.5, 0.6) is 5.75 Å². The number of methoxy groups -OCH3 is 1. The third kappa shape index (κ3) is 5.32. The van der Waals surface area contributed by atoms with Crippen LogP contribution in [0.25, 0.3) is 11.1 Å². The van der Waals surface area contributed by atoms with Gasteiger partial charge >= 0.3 is 0 Å². The van der Waals surface area contributed by atoms with Gasteiger partial charge in [0.25, 0.3) is 0 Å². The van der Waals surface area contributed by atoms with E-state index in [1.54, 1.807) is 18.2 Å². The molecule has 0 unspecified atom stereocenters. The lowest BCUT2D eigenvalue weighted by atomic mass is 9.76. The number of ether oxygens (including phenoxy) is 1. The van der Waals surface area contributed by atoms with Crippen molar-refractivity contribution in [1.29, 1.82) is 0 Å². The van der Waals surface area contributed by atoms with Crippen molar-refractivity contribution in [2.24, 2.45) is 0 Å². The van der Waals surface area contributed by atoms with E-state index in [4.69, 9.17) is 4.74 Å². The van der Waals surface area contributed by atoms with Gasteiger partial charge < -0.3 is 4.74 Å². The van der Waals surface area contributed by atoms with E-state index in [1.807, 2.05) is 30.3 Å². The van der Waals surface area contributed by atoms with Crippen molar-refractivity contribution in [3.05, 3.63) is 88.7 Å². The highest BCUT2D eigenvalue weighted by Gasteiger charge is 2.27. The van der Waals surface area contributed by atoms with Crippen molar-refractivity contribution in [3.8, 4) is 16.9 Å². The fourth-order valence-electron chi connectivity index (χ4n) is 5.21.